The molecule has 1 aromatic heterocycles. The predicted molar refractivity (Wildman–Crippen MR) is 73.5 cm³/mol. The van der Waals surface area contributed by atoms with Crippen molar-refractivity contribution in [1.29, 1.82) is 0 Å². The van der Waals surface area contributed by atoms with Crippen molar-refractivity contribution in [3.05, 3.63) is 52.3 Å². The van der Waals surface area contributed by atoms with E-state index in [0.29, 0.717) is 9.99 Å². The number of carbonyl (C=O) groups is 1. The fourth-order valence-electron chi connectivity index (χ4n) is 1.95. The molecule has 0 aliphatic rings. The van der Waals surface area contributed by atoms with E-state index < -0.39 is 11.8 Å². The van der Waals surface area contributed by atoms with Crippen LogP contribution in [0.3, 0.4) is 0 Å². The van der Waals surface area contributed by atoms with Gasteiger partial charge >= 0.3 is 5.97 Å². The number of fused-ring (bicyclic) bond motifs is 1. The molecule has 0 atom stereocenters. The topological polar surface area (TPSA) is 68.0 Å². The van der Waals surface area contributed by atoms with Gasteiger partial charge in [0.2, 0.25) is 0 Å². The van der Waals surface area contributed by atoms with Gasteiger partial charge in [-0.1, -0.05) is 27.2 Å². The molecular weight excluding hydrogens is 329 g/mol. The maximum atomic E-state index is 14.0. The number of carboxylic acid groups (broad SMARTS) is 1. The minimum Gasteiger partial charge on any atom is -0.478 e. The maximum Gasteiger partial charge on any atom is 0.338 e. The Labute approximate surface area is 120 Å². The lowest BCUT2D eigenvalue weighted by Crippen LogP contribution is -2.00. The number of carboxylic acids is 1. The number of hydrogen-bond acceptors (Lipinski definition) is 3. The summed E-state index contributed by atoms with van der Waals surface area (Å²) in [7, 11) is 0. The summed E-state index contributed by atoms with van der Waals surface area (Å²) in [5.41, 5.74) is 0.901. The quantitative estimate of drug-likeness (QED) is 0.781. The summed E-state index contributed by atoms with van der Waals surface area (Å²) in [4.78, 5) is 11.1. The second-order valence-electron chi connectivity index (χ2n) is 4.08. The van der Waals surface area contributed by atoms with Crippen LogP contribution in [0.1, 0.15) is 10.4 Å². The molecule has 0 saturated carbocycles. The molecule has 100 valence electrons. The van der Waals surface area contributed by atoms with Crippen LogP contribution in [0.15, 0.2) is 40.9 Å². The number of nitrogens with zero attached hydrogens (tertiary/aromatic N) is 3. The van der Waals surface area contributed by atoms with Crippen LogP contribution in [-0.4, -0.2) is 26.1 Å². The van der Waals surface area contributed by atoms with Gasteiger partial charge < -0.3 is 5.11 Å². The number of benzene rings is 2. The van der Waals surface area contributed by atoms with E-state index in [4.69, 9.17) is 5.11 Å². The molecule has 0 saturated heterocycles. The summed E-state index contributed by atoms with van der Waals surface area (Å²) in [6, 6.07) is 9.17. The third-order valence-corrected chi connectivity index (χ3v) is 3.34. The molecule has 0 aliphatic carbocycles. The zero-order chi connectivity index (χ0) is 14.3. The molecule has 2 aromatic carbocycles. The molecule has 7 heteroatoms. The molecule has 1 heterocycles. The van der Waals surface area contributed by atoms with Gasteiger partial charge in [-0.3, -0.25) is 0 Å². The number of rotatable bonds is 2. The Balaban J connectivity index is 2.28. The number of halogens is 2. The maximum absolute atomic E-state index is 14.0. The Kier molecular flexibility index (Phi) is 2.98. The summed E-state index contributed by atoms with van der Waals surface area (Å²) in [5, 5.41) is 16.8. The number of aromatic nitrogens is 3. The van der Waals surface area contributed by atoms with Crippen LogP contribution < -0.4 is 0 Å². The SMILES string of the molecule is O=C(O)c1cccc2c1nnn2-c1ccc(Br)cc1F. The monoisotopic (exact) mass is 335 g/mol. The lowest BCUT2D eigenvalue weighted by molar-refractivity contribution is 0.0699. The number of aromatic carboxylic acids is 1. The van der Waals surface area contributed by atoms with Crippen molar-refractivity contribution >= 4 is 32.9 Å². The standard InChI is InChI=1S/C13H7BrFN3O2/c14-7-4-5-10(9(15)6-7)18-11-3-1-2-8(13(19)20)12(11)16-17-18/h1-6H,(H,19,20). The van der Waals surface area contributed by atoms with Crippen molar-refractivity contribution in [2.45, 2.75) is 0 Å². The molecule has 0 bridgehead atoms. The molecule has 0 radical (unpaired) electrons. The smallest absolute Gasteiger partial charge is 0.338 e. The zero-order valence-corrected chi connectivity index (χ0v) is 11.5. The fraction of sp³-hybridized carbons (Fsp3) is 0. The second kappa shape index (κ2) is 4.68. The van der Waals surface area contributed by atoms with Crippen LogP contribution in [0.25, 0.3) is 16.7 Å². The molecule has 0 fully saturated rings. The van der Waals surface area contributed by atoms with Crippen molar-refractivity contribution in [2.75, 3.05) is 0 Å². The minimum atomic E-state index is -1.10. The van der Waals surface area contributed by atoms with Crippen molar-refractivity contribution in [3.8, 4) is 5.69 Å². The first-order valence-corrected chi connectivity index (χ1v) is 6.40. The van der Waals surface area contributed by atoms with Gasteiger partial charge in [-0.05, 0) is 30.3 Å². The van der Waals surface area contributed by atoms with Gasteiger partial charge in [0.25, 0.3) is 0 Å². The molecule has 5 nitrogen and oxygen atoms in total. The van der Waals surface area contributed by atoms with Crippen LogP contribution in [-0.2, 0) is 0 Å². The van der Waals surface area contributed by atoms with Crippen LogP contribution in [0.5, 0.6) is 0 Å². The summed E-state index contributed by atoms with van der Waals surface area (Å²) < 4.78 is 15.9. The number of hydrogen-bond donors (Lipinski definition) is 1. The van der Waals surface area contributed by atoms with Gasteiger partial charge in [-0.25, -0.2) is 13.9 Å². The first kappa shape index (κ1) is 12.7. The second-order valence-corrected chi connectivity index (χ2v) is 4.99. The molecule has 1 N–H and O–H groups in total. The van der Waals surface area contributed by atoms with Crippen molar-refractivity contribution in [2.24, 2.45) is 0 Å². The van der Waals surface area contributed by atoms with E-state index in [1.54, 1.807) is 24.3 Å². The predicted octanol–water partition coefficient (Wildman–Crippen LogP) is 3.02. The lowest BCUT2D eigenvalue weighted by Gasteiger charge is -2.04. The van der Waals surface area contributed by atoms with Crippen LogP contribution in [0.4, 0.5) is 4.39 Å². The molecular formula is C13H7BrFN3O2. The van der Waals surface area contributed by atoms with Gasteiger partial charge in [0, 0.05) is 4.47 Å². The van der Waals surface area contributed by atoms with E-state index in [2.05, 4.69) is 26.2 Å². The minimum absolute atomic E-state index is 0.0336. The third-order valence-electron chi connectivity index (χ3n) is 2.85. The van der Waals surface area contributed by atoms with Crippen LogP contribution >= 0.6 is 15.9 Å². The van der Waals surface area contributed by atoms with E-state index in [9.17, 15) is 9.18 Å². The highest BCUT2D eigenvalue weighted by molar-refractivity contribution is 9.10. The molecule has 3 aromatic rings. The molecule has 0 aliphatic heterocycles. The third kappa shape index (κ3) is 1.96. The van der Waals surface area contributed by atoms with E-state index in [0.717, 1.165) is 0 Å². The Morgan fingerprint density at radius 3 is 2.80 bits per heavy atom. The van der Waals surface area contributed by atoms with Crippen molar-refractivity contribution in [3.63, 3.8) is 0 Å². The highest BCUT2D eigenvalue weighted by Gasteiger charge is 2.16. The average molecular weight is 336 g/mol. The molecule has 0 amide bonds. The van der Waals surface area contributed by atoms with Crippen LogP contribution in [0.2, 0.25) is 0 Å². The summed E-state index contributed by atoms with van der Waals surface area (Å²) in [6.07, 6.45) is 0. The average Bonchev–Trinajstić information content (AvgIpc) is 2.82. The fourth-order valence-corrected chi connectivity index (χ4v) is 2.28. The molecule has 0 unspecified atom stereocenters. The highest BCUT2D eigenvalue weighted by Crippen LogP contribution is 2.23. The van der Waals surface area contributed by atoms with E-state index in [1.165, 1.54) is 16.8 Å². The Bertz CT molecular complexity index is 832. The Morgan fingerprint density at radius 1 is 1.30 bits per heavy atom. The van der Waals surface area contributed by atoms with Gasteiger partial charge in [0.15, 0.2) is 0 Å². The highest BCUT2D eigenvalue weighted by atomic mass is 79.9. The van der Waals surface area contributed by atoms with Crippen molar-refractivity contribution in [1.82, 2.24) is 15.0 Å². The molecule has 3 rings (SSSR count). The van der Waals surface area contributed by atoms with E-state index in [-0.39, 0.29) is 16.8 Å². The summed E-state index contributed by atoms with van der Waals surface area (Å²) in [5.74, 6) is -1.58. The summed E-state index contributed by atoms with van der Waals surface area (Å²) in [6.45, 7) is 0. The Morgan fingerprint density at radius 2 is 2.10 bits per heavy atom. The van der Waals surface area contributed by atoms with Gasteiger partial charge in [0.1, 0.15) is 17.0 Å². The Hall–Kier alpha value is -2.28. The van der Waals surface area contributed by atoms with Gasteiger partial charge in [-0.2, -0.15) is 0 Å². The molecule has 20 heavy (non-hydrogen) atoms. The lowest BCUT2D eigenvalue weighted by atomic mass is 10.2. The van der Waals surface area contributed by atoms with E-state index in [1.807, 2.05) is 0 Å². The van der Waals surface area contributed by atoms with Gasteiger partial charge in [0.05, 0.1) is 11.1 Å². The summed E-state index contributed by atoms with van der Waals surface area (Å²) >= 11 is 3.18. The van der Waals surface area contributed by atoms with Gasteiger partial charge in [-0.15, -0.1) is 5.10 Å². The largest absolute Gasteiger partial charge is 0.478 e. The first-order chi connectivity index (χ1) is 9.58. The first-order valence-electron chi connectivity index (χ1n) is 5.61. The normalized spacial score (nSPS) is 10.9. The molecule has 0 spiro atoms. The van der Waals surface area contributed by atoms with Crippen molar-refractivity contribution < 1.29 is 14.3 Å². The zero-order valence-electron chi connectivity index (χ0n) is 9.92. The van der Waals surface area contributed by atoms with Crippen LogP contribution in [0, 0.1) is 5.82 Å². The van der Waals surface area contributed by atoms with E-state index >= 15 is 0 Å².